The van der Waals surface area contributed by atoms with Crippen molar-refractivity contribution in [2.24, 2.45) is 0 Å². The second kappa shape index (κ2) is 4.78. The molecule has 1 saturated carbocycles. The van der Waals surface area contributed by atoms with Gasteiger partial charge in [0.25, 0.3) is 0 Å². The van der Waals surface area contributed by atoms with Crippen LogP contribution in [0.4, 0.5) is 0 Å². The largest absolute Gasteiger partial charge is 0.311 e. The lowest BCUT2D eigenvalue weighted by molar-refractivity contribution is 0.0598. The summed E-state index contributed by atoms with van der Waals surface area (Å²) in [6, 6.07) is 0. The summed E-state index contributed by atoms with van der Waals surface area (Å²) in [7, 11) is 4.38. The first-order chi connectivity index (χ1) is 8.05. The van der Waals surface area contributed by atoms with Gasteiger partial charge in [-0.1, -0.05) is 0 Å². The van der Waals surface area contributed by atoms with Crippen LogP contribution in [0, 0.1) is 13.8 Å². The molecule has 1 fully saturated rings. The minimum atomic E-state index is 0.394. The topological polar surface area (TPSA) is 44.0 Å². The molecule has 17 heavy (non-hydrogen) atoms. The molecule has 0 bridgehead atoms. The minimum absolute atomic E-state index is 0.394. The van der Waals surface area contributed by atoms with Crippen LogP contribution in [0.1, 0.15) is 36.2 Å². The Morgan fingerprint density at radius 3 is 2.47 bits per heavy atom. The smallest absolute Gasteiger partial charge is 0.0638 e. The molecule has 0 atom stereocenters. The molecule has 2 rings (SSSR count). The highest BCUT2D eigenvalue weighted by Crippen LogP contribution is 2.35. The van der Waals surface area contributed by atoms with E-state index >= 15 is 0 Å². The number of rotatable bonds is 5. The number of likely N-dealkylation sites (N-methyl/N-ethyl adjacent to an activating group) is 1. The third-order valence-corrected chi connectivity index (χ3v) is 4.27. The fourth-order valence-corrected chi connectivity index (χ4v) is 2.62. The van der Waals surface area contributed by atoms with Crippen molar-refractivity contribution in [2.75, 3.05) is 20.6 Å². The van der Waals surface area contributed by atoms with Crippen LogP contribution in [-0.4, -0.2) is 41.3 Å². The number of nitrogens with zero attached hydrogens (tertiary/aromatic N) is 2. The number of aromatic nitrogens is 2. The van der Waals surface area contributed by atoms with Gasteiger partial charge in [0.05, 0.1) is 5.69 Å². The highest BCUT2D eigenvalue weighted by Gasteiger charge is 2.38. The number of H-pyrrole nitrogens is 1. The van der Waals surface area contributed by atoms with E-state index in [0.29, 0.717) is 5.54 Å². The monoisotopic (exact) mass is 236 g/mol. The summed E-state index contributed by atoms with van der Waals surface area (Å²) in [5.41, 5.74) is 4.01. The van der Waals surface area contributed by atoms with Gasteiger partial charge < -0.3 is 10.2 Å². The van der Waals surface area contributed by atoms with Gasteiger partial charge in [0.15, 0.2) is 0 Å². The summed E-state index contributed by atoms with van der Waals surface area (Å²) < 4.78 is 0. The Morgan fingerprint density at radius 2 is 2.06 bits per heavy atom. The van der Waals surface area contributed by atoms with Crippen molar-refractivity contribution in [3.63, 3.8) is 0 Å². The SMILES string of the molecule is Cc1n[nH]c(C)c1CNCC1(N(C)C)CCC1. The highest BCUT2D eigenvalue weighted by molar-refractivity contribution is 5.22. The summed E-state index contributed by atoms with van der Waals surface area (Å²) in [4.78, 5) is 2.37. The van der Waals surface area contributed by atoms with Crippen LogP contribution in [0.25, 0.3) is 0 Å². The Bertz CT molecular complexity index is 357. The summed E-state index contributed by atoms with van der Waals surface area (Å²) in [5, 5.41) is 10.9. The molecule has 0 amide bonds. The van der Waals surface area contributed by atoms with Crippen LogP contribution in [0.15, 0.2) is 0 Å². The average molecular weight is 236 g/mol. The molecule has 1 heterocycles. The number of hydrogen-bond donors (Lipinski definition) is 2. The Morgan fingerprint density at radius 1 is 1.35 bits per heavy atom. The van der Waals surface area contributed by atoms with Gasteiger partial charge in [0.2, 0.25) is 0 Å². The van der Waals surface area contributed by atoms with E-state index in [9.17, 15) is 0 Å². The minimum Gasteiger partial charge on any atom is -0.311 e. The molecule has 0 saturated heterocycles. The third kappa shape index (κ3) is 2.38. The molecule has 4 nitrogen and oxygen atoms in total. The number of nitrogens with one attached hydrogen (secondary N) is 2. The first kappa shape index (κ1) is 12.6. The standard InChI is InChI=1S/C13H24N4/c1-10-12(11(2)16-15-10)8-14-9-13(17(3)4)6-5-7-13/h14H,5-9H2,1-4H3,(H,15,16). The maximum Gasteiger partial charge on any atom is 0.0638 e. The van der Waals surface area contributed by atoms with E-state index in [1.54, 1.807) is 0 Å². The van der Waals surface area contributed by atoms with Crippen LogP contribution in [0.3, 0.4) is 0 Å². The van der Waals surface area contributed by atoms with Crippen LogP contribution in [-0.2, 0) is 6.54 Å². The van der Waals surface area contributed by atoms with Gasteiger partial charge in [0.1, 0.15) is 0 Å². The Kier molecular flexibility index (Phi) is 3.54. The van der Waals surface area contributed by atoms with Crippen LogP contribution >= 0.6 is 0 Å². The molecule has 96 valence electrons. The second-order valence-corrected chi connectivity index (χ2v) is 5.49. The molecule has 0 radical (unpaired) electrons. The van der Waals surface area contributed by atoms with Crippen molar-refractivity contribution in [2.45, 2.75) is 45.2 Å². The maximum absolute atomic E-state index is 4.23. The molecule has 0 spiro atoms. The molecule has 1 aliphatic carbocycles. The number of aromatic amines is 1. The van der Waals surface area contributed by atoms with Gasteiger partial charge in [-0.25, -0.2) is 0 Å². The lowest BCUT2D eigenvalue weighted by Crippen LogP contribution is -2.56. The number of aryl methyl sites for hydroxylation is 2. The lowest BCUT2D eigenvalue weighted by atomic mass is 9.75. The molecule has 1 aliphatic rings. The van der Waals surface area contributed by atoms with Crippen LogP contribution < -0.4 is 5.32 Å². The molecule has 4 heteroatoms. The molecule has 0 aliphatic heterocycles. The molecule has 0 unspecified atom stereocenters. The first-order valence-corrected chi connectivity index (χ1v) is 6.44. The zero-order chi connectivity index (χ0) is 12.5. The van der Waals surface area contributed by atoms with E-state index in [0.717, 1.165) is 18.8 Å². The van der Waals surface area contributed by atoms with Gasteiger partial charge in [-0.3, -0.25) is 5.10 Å². The van der Waals surface area contributed by atoms with E-state index in [1.807, 2.05) is 0 Å². The van der Waals surface area contributed by atoms with E-state index in [4.69, 9.17) is 0 Å². The second-order valence-electron chi connectivity index (χ2n) is 5.49. The third-order valence-electron chi connectivity index (χ3n) is 4.27. The van der Waals surface area contributed by atoms with E-state index in [-0.39, 0.29) is 0 Å². The zero-order valence-corrected chi connectivity index (χ0v) is 11.4. The predicted molar refractivity (Wildman–Crippen MR) is 70.0 cm³/mol. The average Bonchev–Trinajstić information content (AvgIpc) is 2.52. The summed E-state index contributed by atoms with van der Waals surface area (Å²) >= 11 is 0. The Balaban J connectivity index is 1.87. The first-order valence-electron chi connectivity index (χ1n) is 6.44. The van der Waals surface area contributed by atoms with Crippen LogP contribution in [0.2, 0.25) is 0 Å². The fraction of sp³-hybridized carbons (Fsp3) is 0.769. The van der Waals surface area contributed by atoms with Crippen molar-refractivity contribution in [3.05, 3.63) is 17.0 Å². The summed E-state index contributed by atoms with van der Waals surface area (Å²) in [6.45, 7) is 6.14. The normalized spacial score (nSPS) is 18.4. The summed E-state index contributed by atoms with van der Waals surface area (Å²) in [5.74, 6) is 0. The Hall–Kier alpha value is -0.870. The molecule has 1 aromatic heterocycles. The summed E-state index contributed by atoms with van der Waals surface area (Å²) in [6.07, 6.45) is 4.00. The van der Waals surface area contributed by atoms with E-state index < -0.39 is 0 Å². The van der Waals surface area contributed by atoms with Crippen molar-refractivity contribution in [1.82, 2.24) is 20.4 Å². The zero-order valence-electron chi connectivity index (χ0n) is 11.4. The van der Waals surface area contributed by atoms with Crippen molar-refractivity contribution < 1.29 is 0 Å². The fourth-order valence-electron chi connectivity index (χ4n) is 2.62. The lowest BCUT2D eigenvalue weighted by Gasteiger charge is -2.47. The quantitative estimate of drug-likeness (QED) is 0.816. The van der Waals surface area contributed by atoms with Gasteiger partial charge in [-0.2, -0.15) is 5.10 Å². The molecule has 1 aromatic rings. The van der Waals surface area contributed by atoms with E-state index in [2.05, 4.69) is 48.4 Å². The van der Waals surface area contributed by atoms with Gasteiger partial charge in [-0.15, -0.1) is 0 Å². The maximum atomic E-state index is 4.23. The van der Waals surface area contributed by atoms with Crippen molar-refractivity contribution in [1.29, 1.82) is 0 Å². The van der Waals surface area contributed by atoms with E-state index in [1.165, 1.54) is 30.5 Å². The molecular weight excluding hydrogens is 212 g/mol. The Labute approximate surface area is 104 Å². The van der Waals surface area contributed by atoms with Crippen molar-refractivity contribution in [3.8, 4) is 0 Å². The van der Waals surface area contributed by atoms with Gasteiger partial charge in [0, 0.05) is 29.9 Å². The van der Waals surface area contributed by atoms with Gasteiger partial charge in [-0.05, 0) is 47.2 Å². The molecule has 2 N–H and O–H groups in total. The van der Waals surface area contributed by atoms with Crippen molar-refractivity contribution >= 4 is 0 Å². The predicted octanol–water partition coefficient (Wildman–Crippen LogP) is 1.60. The van der Waals surface area contributed by atoms with Gasteiger partial charge >= 0.3 is 0 Å². The van der Waals surface area contributed by atoms with Crippen LogP contribution in [0.5, 0.6) is 0 Å². The molecular formula is C13H24N4. The number of hydrogen-bond acceptors (Lipinski definition) is 3. The highest BCUT2D eigenvalue weighted by atomic mass is 15.2. The molecule has 0 aromatic carbocycles.